The van der Waals surface area contributed by atoms with Crippen molar-refractivity contribution in [2.45, 2.75) is 6.42 Å². The number of carbonyl (C=O) groups excluding carboxylic acids is 2. The number of hydrogen-bond donors (Lipinski definition) is 3. The van der Waals surface area contributed by atoms with Crippen molar-refractivity contribution in [3.63, 3.8) is 0 Å². The third-order valence-corrected chi connectivity index (χ3v) is 5.79. The second-order valence-electron chi connectivity index (χ2n) is 7.96. The highest BCUT2D eigenvalue weighted by atomic mass is 35.5. The zero-order valence-corrected chi connectivity index (χ0v) is 19.8. The van der Waals surface area contributed by atoms with E-state index in [9.17, 15) is 19.5 Å². The number of benzene rings is 2. The lowest BCUT2D eigenvalue weighted by atomic mass is 10.1. The molecule has 2 amide bonds. The van der Waals surface area contributed by atoms with Crippen LogP contribution < -0.4 is 15.5 Å². The predicted octanol–water partition coefficient (Wildman–Crippen LogP) is 2.57. The van der Waals surface area contributed by atoms with Gasteiger partial charge in [-0.2, -0.15) is 0 Å². The number of carbonyl (C=O) groups is 3. The largest absolute Gasteiger partial charge is 0.478 e. The number of aromatic carboxylic acids is 1. The first-order valence-electron chi connectivity index (χ1n) is 11.0. The van der Waals surface area contributed by atoms with Crippen molar-refractivity contribution in [3.05, 3.63) is 58.6 Å². The van der Waals surface area contributed by atoms with Gasteiger partial charge in [-0.15, -0.1) is 0 Å². The fourth-order valence-corrected chi connectivity index (χ4v) is 3.80. The van der Waals surface area contributed by atoms with E-state index in [0.717, 1.165) is 12.1 Å². The molecule has 0 aliphatic carbocycles. The van der Waals surface area contributed by atoms with Crippen LogP contribution in [0.4, 0.5) is 11.4 Å². The fourth-order valence-electron chi connectivity index (χ4n) is 3.68. The summed E-state index contributed by atoms with van der Waals surface area (Å²) in [5.74, 6) is -1.56. The Kier molecular flexibility index (Phi) is 9.26. The van der Waals surface area contributed by atoms with E-state index in [1.165, 1.54) is 0 Å². The zero-order valence-electron chi connectivity index (χ0n) is 19.1. The second-order valence-corrected chi connectivity index (χ2v) is 8.39. The number of nitrogens with one attached hydrogen (secondary N) is 2. The molecule has 34 heavy (non-hydrogen) atoms. The zero-order chi connectivity index (χ0) is 24.5. The third kappa shape index (κ3) is 7.18. The Labute approximate surface area is 203 Å². The number of halogens is 1. The van der Waals surface area contributed by atoms with E-state index in [-0.39, 0.29) is 17.2 Å². The number of amides is 2. The number of ether oxygens (including phenoxy) is 1. The number of methoxy groups -OCH3 is 1. The first-order valence-corrected chi connectivity index (χ1v) is 11.4. The molecule has 3 N–H and O–H groups in total. The number of nitrogens with zero attached hydrogens (tertiary/aromatic N) is 2. The summed E-state index contributed by atoms with van der Waals surface area (Å²) in [6.07, 6.45) is 0.776. The van der Waals surface area contributed by atoms with Crippen molar-refractivity contribution < 1.29 is 24.2 Å². The van der Waals surface area contributed by atoms with E-state index in [2.05, 4.69) is 20.4 Å². The molecule has 0 aromatic heterocycles. The molecule has 0 bridgehead atoms. The molecule has 0 radical (unpaired) electrons. The number of piperazine rings is 1. The molecule has 3 rings (SSSR count). The highest BCUT2D eigenvalue weighted by Crippen LogP contribution is 2.25. The molecule has 0 atom stereocenters. The molecule has 1 heterocycles. The van der Waals surface area contributed by atoms with Gasteiger partial charge < -0.3 is 25.4 Å². The second kappa shape index (κ2) is 12.4. The normalized spacial score (nSPS) is 14.0. The van der Waals surface area contributed by atoms with Crippen LogP contribution in [0.25, 0.3) is 0 Å². The smallest absolute Gasteiger partial charge is 0.337 e. The average molecular weight is 489 g/mol. The molecule has 9 nitrogen and oxygen atoms in total. The molecule has 0 spiro atoms. The van der Waals surface area contributed by atoms with Gasteiger partial charge in [0.15, 0.2) is 0 Å². The predicted molar refractivity (Wildman–Crippen MR) is 131 cm³/mol. The number of rotatable bonds is 10. The van der Waals surface area contributed by atoms with Crippen LogP contribution in [-0.4, -0.2) is 80.8 Å². The van der Waals surface area contributed by atoms with Crippen LogP contribution in [0.15, 0.2) is 42.5 Å². The number of carboxylic acid groups (broad SMARTS) is 1. The minimum absolute atomic E-state index is 0.0117. The van der Waals surface area contributed by atoms with Crippen LogP contribution in [0.1, 0.15) is 27.1 Å². The first-order chi connectivity index (χ1) is 16.4. The molecule has 0 unspecified atom stereocenters. The Bertz CT molecular complexity index is 1010. The highest BCUT2D eigenvalue weighted by molar-refractivity contribution is 6.30. The van der Waals surface area contributed by atoms with Gasteiger partial charge in [-0.3, -0.25) is 14.5 Å². The molecule has 1 aliphatic heterocycles. The maximum absolute atomic E-state index is 12.5. The van der Waals surface area contributed by atoms with Crippen molar-refractivity contribution in [2.75, 3.05) is 63.2 Å². The lowest BCUT2D eigenvalue weighted by Gasteiger charge is -2.36. The van der Waals surface area contributed by atoms with Crippen molar-refractivity contribution in [1.29, 1.82) is 0 Å². The Morgan fingerprint density at radius 1 is 1.06 bits per heavy atom. The van der Waals surface area contributed by atoms with Crippen molar-refractivity contribution in [3.8, 4) is 0 Å². The minimum Gasteiger partial charge on any atom is -0.478 e. The third-order valence-electron chi connectivity index (χ3n) is 5.54. The first kappa shape index (κ1) is 25.5. The van der Waals surface area contributed by atoms with E-state index in [4.69, 9.17) is 16.3 Å². The maximum atomic E-state index is 12.5. The number of carboxylic acids is 1. The van der Waals surface area contributed by atoms with Crippen molar-refractivity contribution in [2.24, 2.45) is 0 Å². The van der Waals surface area contributed by atoms with E-state index >= 15 is 0 Å². The molecule has 182 valence electrons. The Balaban J connectivity index is 1.58. The van der Waals surface area contributed by atoms with E-state index in [1.807, 2.05) is 0 Å². The van der Waals surface area contributed by atoms with Crippen LogP contribution in [0.2, 0.25) is 5.02 Å². The van der Waals surface area contributed by atoms with Crippen molar-refractivity contribution in [1.82, 2.24) is 10.2 Å². The topological polar surface area (TPSA) is 111 Å². The maximum Gasteiger partial charge on any atom is 0.337 e. The standard InChI is InChI=1S/C24H29ClN4O5/c1-34-14-2-9-26-22(30)16-28-10-12-29(13-11-28)19-7-8-21(20(15-19)24(32)33)27-23(31)17-3-5-18(25)6-4-17/h3-8,15H,2,9-14,16H2,1H3,(H,26,30)(H,27,31)(H,32,33). The van der Waals surface area contributed by atoms with Crippen LogP contribution in [0.3, 0.4) is 0 Å². The Morgan fingerprint density at radius 3 is 2.41 bits per heavy atom. The molecule has 0 saturated carbocycles. The van der Waals surface area contributed by atoms with Gasteiger partial charge in [0.2, 0.25) is 5.91 Å². The number of hydrogen-bond acceptors (Lipinski definition) is 6. The minimum atomic E-state index is -1.13. The summed E-state index contributed by atoms with van der Waals surface area (Å²) in [7, 11) is 1.63. The summed E-state index contributed by atoms with van der Waals surface area (Å²) < 4.78 is 4.97. The van der Waals surface area contributed by atoms with Gasteiger partial charge in [0.05, 0.1) is 17.8 Å². The van der Waals surface area contributed by atoms with Crippen LogP contribution in [0, 0.1) is 0 Å². The van der Waals surface area contributed by atoms with Gasteiger partial charge in [-0.1, -0.05) is 11.6 Å². The van der Waals surface area contributed by atoms with Crippen LogP contribution in [0.5, 0.6) is 0 Å². The molecule has 2 aromatic rings. The van der Waals surface area contributed by atoms with Crippen molar-refractivity contribution >= 4 is 40.8 Å². The Morgan fingerprint density at radius 2 is 1.76 bits per heavy atom. The van der Waals surface area contributed by atoms with Gasteiger partial charge >= 0.3 is 5.97 Å². The van der Waals surface area contributed by atoms with Gasteiger partial charge in [0, 0.05) is 62.7 Å². The lowest BCUT2D eigenvalue weighted by molar-refractivity contribution is -0.122. The molecular formula is C24H29ClN4O5. The quantitative estimate of drug-likeness (QED) is 0.441. The summed E-state index contributed by atoms with van der Waals surface area (Å²) in [5.41, 5.74) is 1.37. The monoisotopic (exact) mass is 488 g/mol. The van der Waals surface area contributed by atoms with E-state index in [1.54, 1.807) is 49.6 Å². The summed E-state index contributed by atoms with van der Waals surface area (Å²) in [6.45, 7) is 4.22. The average Bonchev–Trinajstić information content (AvgIpc) is 2.83. The fraction of sp³-hybridized carbons (Fsp3) is 0.375. The van der Waals surface area contributed by atoms with Crippen LogP contribution in [-0.2, 0) is 9.53 Å². The summed E-state index contributed by atoms with van der Waals surface area (Å²) in [4.78, 5) is 40.6. The highest BCUT2D eigenvalue weighted by Gasteiger charge is 2.21. The molecule has 1 saturated heterocycles. The van der Waals surface area contributed by atoms with Gasteiger partial charge in [0.25, 0.3) is 5.91 Å². The van der Waals surface area contributed by atoms with Crippen LogP contribution >= 0.6 is 11.6 Å². The van der Waals surface area contributed by atoms with E-state index in [0.29, 0.717) is 56.5 Å². The van der Waals surface area contributed by atoms with Gasteiger partial charge in [-0.25, -0.2) is 4.79 Å². The lowest BCUT2D eigenvalue weighted by Crippen LogP contribution is -2.49. The van der Waals surface area contributed by atoms with E-state index < -0.39 is 11.9 Å². The molecule has 1 fully saturated rings. The number of anilines is 2. The SMILES string of the molecule is COCCCNC(=O)CN1CCN(c2ccc(NC(=O)c3ccc(Cl)cc3)c(C(=O)O)c2)CC1. The Hall–Kier alpha value is -3.14. The molecular weight excluding hydrogens is 460 g/mol. The van der Waals surface area contributed by atoms with Gasteiger partial charge in [0.1, 0.15) is 0 Å². The molecule has 1 aliphatic rings. The van der Waals surface area contributed by atoms with Gasteiger partial charge in [-0.05, 0) is 48.9 Å². The molecule has 2 aromatic carbocycles. The summed E-state index contributed by atoms with van der Waals surface area (Å²) in [6, 6.07) is 11.3. The summed E-state index contributed by atoms with van der Waals surface area (Å²) in [5, 5.41) is 15.8. The summed E-state index contributed by atoms with van der Waals surface area (Å²) >= 11 is 5.86. The molecule has 10 heteroatoms.